The van der Waals surface area contributed by atoms with Gasteiger partial charge >= 0.3 is 5.97 Å². The molecule has 102 valence electrons. The molecule has 19 heavy (non-hydrogen) atoms. The summed E-state index contributed by atoms with van der Waals surface area (Å²) in [6.07, 6.45) is 0. The normalized spacial score (nSPS) is 22.6. The number of aryl methyl sites for hydroxylation is 1. The molecule has 6 heteroatoms. The van der Waals surface area contributed by atoms with Crippen LogP contribution in [0.3, 0.4) is 0 Å². The third-order valence-electron chi connectivity index (χ3n) is 3.39. The van der Waals surface area contributed by atoms with Gasteiger partial charge in [-0.25, -0.2) is 4.98 Å². The van der Waals surface area contributed by atoms with Gasteiger partial charge in [-0.15, -0.1) is 0 Å². The van der Waals surface area contributed by atoms with Gasteiger partial charge in [0.25, 0.3) is 5.91 Å². The Labute approximate surface area is 116 Å². The number of aromatic nitrogens is 1. The Morgan fingerprint density at radius 3 is 2.63 bits per heavy atom. The maximum Gasteiger partial charge on any atom is 0.308 e. The third kappa shape index (κ3) is 2.87. The lowest BCUT2D eigenvalue weighted by Crippen LogP contribution is -2.30. The van der Waals surface area contributed by atoms with E-state index in [2.05, 4.69) is 4.98 Å². The van der Waals surface area contributed by atoms with E-state index >= 15 is 0 Å². The highest BCUT2D eigenvalue weighted by atomic mass is 35.5. The Balaban J connectivity index is 2.19. The highest BCUT2D eigenvalue weighted by Gasteiger charge is 2.37. The van der Waals surface area contributed by atoms with E-state index in [0.29, 0.717) is 17.8 Å². The topological polar surface area (TPSA) is 70.5 Å². The summed E-state index contributed by atoms with van der Waals surface area (Å²) in [7, 11) is 0. The van der Waals surface area contributed by atoms with Crippen molar-refractivity contribution in [3.63, 3.8) is 0 Å². The molecule has 0 bridgehead atoms. The Morgan fingerprint density at radius 2 is 2.11 bits per heavy atom. The van der Waals surface area contributed by atoms with Crippen molar-refractivity contribution in [1.29, 1.82) is 0 Å². The minimum atomic E-state index is -0.855. The summed E-state index contributed by atoms with van der Waals surface area (Å²) in [5.41, 5.74) is 1.12. The van der Waals surface area contributed by atoms with Gasteiger partial charge in [-0.2, -0.15) is 0 Å². The lowest BCUT2D eigenvalue weighted by atomic mass is 9.99. The second-order valence-corrected chi connectivity index (χ2v) is 5.34. The number of likely N-dealkylation sites (tertiary alicyclic amines) is 1. The van der Waals surface area contributed by atoms with Crippen LogP contribution in [-0.2, 0) is 4.79 Å². The Kier molecular flexibility index (Phi) is 3.75. The number of carboxylic acids is 1. The number of carboxylic acid groups (broad SMARTS) is 1. The largest absolute Gasteiger partial charge is 0.481 e. The predicted molar refractivity (Wildman–Crippen MR) is 70.2 cm³/mol. The van der Waals surface area contributed by atoms with Gasteiger partial charge in [0, 0.05) is 24.3 Å². The fraction of sp³-hybridized carbons (Fsp3) is 0.462. The molecule has 1 amide bonds. The van der Waals surface area contributed by atoms with Crippen LogP contribution in [-0.4, -0.2) is 40.0 Å². The van der Waals surface area contributed by atoms with Crippen molar-refractivity contribution in [2.24, 2.45) is 11.8 Å². The van der Waals surface area contributed by atoms with Gasteiger partial charge in [0.2, 0.25) is 0 Å². The Morgan fingerprint density at radius 1 is 1.42 bits per heavy atom. The maximum atomic E-state index is 12.3. The van der Waals surface area contributed by atoms with Crippen molar-refractivity contribution in [1.82, 2.24) is 9.88 Å². The van der Waals surface area contributed by atoms with Crippen LogP contribution in [0.15, 0.2) is 12.1 Å². The Hall–Kier alpha value is -1.62. The van der Waals surface area contributed by atoms with Gasteiger partial charge in [0.05, 0.1) is 5.92 Å². The number of amides is 1. The monoisotopic (exact) mass is 282 g/mol. The van der Waals surface area contributed by atoms with Crippen LogP contribution < -0.4 is 0 Å². The van der Waals surface area contributed by atoms with Crippen LogP contribution in [0.2, 0.25) is 5.15 Å². The number of aliphatic carboxylic acids is 1. The van der Waals surface area contributed by atoms with Crippen molar-refractivity contribution in [3.8, 4) is 0 Å². The predicted octanol–water partition coefficient (Wildman–Crippen LogP) is 1.84. The van der Waals surface area contributed by atoms with E-state index in [9.17, 15) is 9.59 Å². The lowest BCUT2D eigenvalue weighted by Gasteiger charge is -2.16. The van der Waals surface area contributed by atoms with Crippen molar-refractivity contribution in [2.45, 2.75) is 13.8 Å². The third-order valence-corrected chi connectivity index (χ3v) is 3.58. The highest BCUT2D eigenvalue weighted by Crippen LogP contribution is 2.25. The van der Waals surface area contributed by atoms with Crippen LogP contribution in [0, 0.1) is 18.8 Å². The number of pyridine rings is 1. The van der Waals surface area contributed by atoms with Crippen LogP contribution in [0.5, 0.6) is 0 Å². The van der Waals surface area contributed by atoms with Gasteiger partial charge < -0.3 is 10.0 Å². The SMILES string of the molecule is Cc1cc(C(=O)N2C[C@@H](C)[C@H](C(=O)O)C2)cc(Cl)n1. The number of rotatable bonds is 2. The van der Waals surface area contributed by atoms with Crippen LogP contribution in [0.25, 0.3) is 0 Å². The van der Waals surface area contributed by atoms with E-state index in [0.717, 1.165) is 0 Å². The van der Waals surface area contributed by atoms with Gasteiger partial charge in [-0.1, -0.05) is 18.5 Å². The summed E-state index contributed by atoms with van der Waals surface area (Å²) in [4.78, 5) is 28.9. The first-order chi connectivity index (χ1) is 8.88. The Bertz CT molecular complexity index is 512. The van der Waals surface area contributed by atoms with Gasteiger partial charge in [-0.3, -0.25) is 9.59 Å². The second kappa shape index (κ2) is 5.17. The molecule has 1 aliphatic rings. The van der Waals surface area contributed by atoms with E-state index in [1.54, 1.807) is 17.9 Å². The summed E-state index contributed by atoms with van der Waals surface area (Å²) in [5.74, 6) is -1.59. The standard InChI is InChI=1S/C13H15ClN2O3/c1-7-5-16(6-10(7)13(18)19)12(17)9-3-8(2)15-11(14)4-9/h3-4,7,10H,5-6H2,1-2H3,(H,18,19)/t7-,10-/m1/s1. The first kappa shape index (κ1) is 13.8. The molecule has 2 rings (SSSR count). The molecule has 2 atom stereocenters. The molecule has 0 spiro atoms. The zero-order chi connectivity index (χ0) is 14.2. The van der Waals surface area contributed by atoms with Crippen LogP contribution >= 0.6 is 11.6 Å². The summed E-state index contributed by atoms with van der Waals surface area (Å²) in [5, 5.41) is 9.34. The van der Waals surface area contributed by atoms with Crippen molar-refractivity contribution < 1.29 is 14.7 Å². The summed E-state index contributed by atoms with van der Waals surface area (Å²) in [6, 6.07) is 3.17. The van der Waals surface area contributed by atoms with Crippen LogP contribution in [0.1, 0.15) is 23.0 Å². The molecular formula is C13H15ClN2O3. The fourth-order valence-electron chi connectivity index (χ4n) is 2.39. The number of halogens is 1. The summed E-state index contributed by atoms with van der Waals surface area (Å²) in [6.45, 7) is 4.30. The minimum Gasteiger partial charge on any atom is -0.481 e. The van der Waals surface area contributed by atoms with Crippen LogP contribution in [0.4, 0.5) is 0 Å². The molecule has 1 saturated heterocycles. The average Bonchev–Trinajstić information content (AvgIpc) is 2.69. The molecule has 2 heterocycles. The van der Waals surface area contributed by atoms with E-state index in [1.165, 1.54) is 6.07 Å². The second-order valence-electron chi connectivity index (χ2n) is 4.95. The summed E-state index contributed by atoms with van der Waals surface area (Å²) < 4.78 is 0. The maximum absolute atomic E-state index is 12.3. The van der Waals surface area contributed by atoms with Gasteiger partial charge in [0.1, 0.15) is 5.15 Å². The fourth-order valence-corrected chi connectivity index (χ4v) is 2.64. The van der Waals surface area contributed by atoms with Gasteiger partial charge in [0.15, 0.2) is 0 Å². The minimum absolute atomic E-state index is 0.0418. The first-order valence-electron chi connectivity index (χ1n) is 6.04. The lowest BCUT2D eigenvalue weighted by molar-refractivity contribution is -0.142. The number of carbonyl (C=O) groups excluding carboxylic acids is 1. The van der Waals surface area contributed by atoms with Crippen molar-refractivity contribution in [3.05, 3.63) is 28.5 Å². The molecule has 0 radical (unpaired) electrons. The quantitative estimate of drug-likeness (QED) is 0.840. The molecule has 5 nitrogen and oxygen atoms in total. The number of hydrogen-bond acceptors (Lipinski definition) is 3. The van der Waals surface area contributed by atoms with Crippen molar-refractivity contribution >= 4 is 23.5 Å². The number of hydrogen-bond donors (Lipinski definition) is 1. The van der Waals surface area contributed by atoms with E-state index < -0.39 is 11.9 Å². The zero-order valence-corrected chi connectivity index (χ0v) is 11.5. The molecular weight excluding hydrogens is 268 g/mol. The van der Waals surface area contributed by atoms with E-state index in [-0.39, 0.29) is 23.5 Å². The average molecular weight is 283 g/mol. The molecule has 1 aromatic heterocycles. The first-order valence-corrected chi connectivity index (χ1v) is 6.42. The molecule has 0 unspecified atom stereocenters. The molecule has 1 fully saturated rings. The number of nitrogens with zero attached hydrogens (tertiary/aromatic N) is 2. The van der Waals surface area contributed by atoms with Gasteiger partial charge in [-0.05, 0) is 25.0 Å². The smallest absolute Gasteiger partial charge is 0.308 e. The molecule has 0 aliphatic carbocycles. The number of carbonyl (C=O) groups is 2. The molecule has 0 saturated carbocycles. The van der Waals surface area contributed by atoms with E-state index in [4.69, 9.17) is 16.7 Å². The zero-order valence-electron chi connectivity index (χ0n) is 10.8. The molecule has 1 N–H and O–H groups in total. The molecule has 1 aliphatic heterocycles. The van der Waals surface area contributed by atoms with Crippen molar-refractivity contribution in [2.75, 3.05) is 13.1 Å². The molecule has 0 aromatic carbocycles. The van der Waals surface area contributed by atoms with E-state index in [1.807, 2.05) is 6.92 Å². The highest BCUT2D eigenvalue weighted by molar-refractivity contribution is 6.29. The molecule has 1 aromatic rings. The summed E-state index contributed by atoms with van der Waals surface area (Å²) >= 11 is 5.83.